The zero-order chi connectivity index (χ0) is 15.7. The lowest BCUT2D eigenvalue weighted by atomic mass is 10.1. The molecule has 0 saturated heterocycles. The van der Waals surface area contributed by atoms with E-state index in [1.54, 1.807) is 54.7 Å². The molecular formula is C16H13BrN2O2S. The zero-order valence-electron chi connectivity index (χ0n) is 11.7. The van der Waals surface area contributed by atoms with Crippen molar-refractivity contribution in [3.05, 3.63) is 64.8 Å². The molecule has 0 spiro atoms. The Bertz CT molecular complexity index is 938. The van der Waals surface area contributed by atoms with E-state index in [0.717, 1.165) is 10.0 Å². The van der Waals surface area contributed by atoms with E-state index in [0.29, 0.717) is 16.6 Å². The first-order chi connectivity index (χ1) is 10.5. The van der Waals surface area contributed by atoms with Gasteiger partial charge in [0.1, 0.15) is 0 Å². The fourth-order valence-corrected chi connectivity index (χ4v) is 3.77. The maximum Gasteiger partial charge on any atom is 0.262 e. The lowest BCUT2D eigenvalue weighted by molar-refractivity contribution is 0.602. The van der Waals surface area contributed by atoms with Crippen LogP contribution in [0.25, 0.3) is 10.9 Å². The molecule has 1 heterocycles. The average molecular weight is 377 g/mol. The molecule has 0 aliphatic rings. The smallest absolute Gasteiger partial charge is 0.262 e. The summed E-state index contributed by atoms with van der Waals surface area (Å²) < 4.78 is 28.8. The van der Waals surface area contributed by atoms with Crippen LogP contribution in [0.5, 0.6) is 0 Å². The van der Waals surface area contributed by atoms with Gasteiger partial charge in [-0.15, -0.1) is 0 Å². The summed E-state index contributed by atoms with van der Waals surface area (Å²) in [5.74, 6) is 0. The molecule has 0 atom stereocenters. The van der Waals surface area contributed by atoms with E-state index in [9.17, 15) is 8.42 Å². The molecule has 1 aromatic heterocycles. The molecule has 0 unspecified atom stereocenters. The molecular weight excluding hydrogens is 364 g/mol. The molecule has 6 heteroatoms. The Kier molecular flexibility index (Phi) is 3.88. The summed E-state index contributed by atoms with van der Waals surface area (Å²) in [7, 11) is -3.67. The van der Waals surface area contributed by atoms with Gasteiger partial charge in [0, 0.05) is 21.7 Å². The van der Waals surface area contributed by atoms with Gasteiger partial charge in [0.2, 0.25) is 0 Å². The lowest BCUT2D eigenvalue weighted by Crippen LogP contribution is -2.13. The topological polar surface area (TPSA) is 59.1 Å². The zero-order valence-corrected chi connectivity index (χ0v) is 14.1. The number of hydrogen-bond donors (Lipinski definition) is 1. The number of aromatic nitrogens is 1. The third kappa shape index (κ3) is 2.84. The molecule has 0 bridgehead atoms. The van der Waals surface area contributed by atoms with Crippen LogP contribution in [0.4, 0.5) is 5.69 Å². The minimum absolute atomic E-state index is 0.226. The number of halogens is 1. The molecule has 0 saturated carbocycles. The number of pyridine rings is 1. The van der Waals surface area contributed by atoms with Crippen molar-refractivity contribution in [2.24, 2.45) is 0 Å². The molecule has 1 N–H and O–H groups in total. The van der Waals surface area contributed by atoms with Gasteiger partial charge in [-0.1, -0.05) is 22.0 Å². The van der Waals surface area contributed by atoms with Gasteiger partial charge in [-0.3, -0.25) is 9.71 Å². The SMILES string of the molecule is Cc1ccc(S(=O)(=O)Nc2ccc(Br)cc2)c2cccnc12. The van der Waals surface area contributed by atoms with Gasteiger partial charge in [0.15, 0.2) is 0 Å². The second-order valence-electron chi connectivity index (χ2n) is 4.89. The van der Waals surface area contributed by atoms with Crippen LogP contribution >= 0.6 is 15.9 Å². The van der Waals surface area contributed by atoms with Crippen LogP contribution in [-0.2, 0) is 10.0 Å². The second kappa shape index (κ2) is 5.70. The van der Waals surface area contributed by atoms with Crippen molar-refractivity contribution < 1.29 is 8.42 Å². The second-order valence-corrected chi connectivity index (χ2v) is 7.46. The van der Waals surface area contributed by atoms with Gasteiger partial charge in [-0.05, 0) is 55.0 Å². The molecule has 22 heavy (non-hydrogen) atoms. The van der Waals surface area contributed by atoms with E-state index in [4.69, 9.17) is 0 Å². The summed E-state index contributed by atoms with van der Waals surface area (Å²) in [5.41, 5.74) is 2.15. The Morgan fingerprint density at radius 1 is 1.05 bits per heavy atom. The van der Waals surface area contributed by atoms with Crippen molar-refractivity contribution in [3.8, 4) is 0 Å². The van der Waals surface area contributed by atoms with Gasteiger partial charge in [-0.2, -0.15) is 0 Å². The number of nitrogens with one attached hydrogen (secondary N) is 1. The first kappa shape index (κ1) is 15.0. The van der Waals surface area contributed by atoms with Gasteiger partial charge >= 0.3 is 0 Å². The van der Waals surface area contributed by atoms with Gasteiger partial charge in [0.05, 0.1) is 10.4 Å². The molecule has 0 fully saturated rings. The van der Waals surface area contributed by atoms with Crippen molar-refractivity contribution in [2.75, 3.05) is 4.72 Å². The molecule has 112 valence electrons. The van der Waals surface area contributed by atoms with Gasteiger partial charge < -0.3 is 0 Å². The lowest BCUT2D eigenvalue weighted by Gasteiger charge is -2.11. The fraction of sp³-hybridized carbons (Fsp3) is 0.0625. The Balaban J connectivity index is 2.10. The first-order valence-electron chi connectivity index (χ1n) is 6.60. The largest absolute Gasteiger partial charge is 0.280 e. The highest BCUT2D eigenvalue weighted by molar-refractivity contribution is 9.10. The number of fused-ring (bicyclic) bond motifs is 1. The maximum atomic E-state index is 12.7. The standard InChI is InChI=1S/C16H13BrN2O2S/c1-11-4-9-15(14-3-2-10-18-16(11)14)22(20,21)19-13-7-5-12(17)6-8-13/h2-10,19H,1H3. The van der Waals surface area contributed by atoms with Crippen molar-refractivity contribution in [1.82, 2.24) is 4.98 Å². The normalized spacial score (nSPS) is 11.5. The van der Waals surface area contributed by atoms with Gasteiger partial charge in [-0.25, -0.2) is 8.42 Å². The summed E-state index contributed by atoms with van der Waals surface area (Å²) in [5, 5.41) is 0.618. The van der Waals surface area contributed by atoms with Crippen LogP contribution in [0.2, 0.25) is 0 Å². The number of sulfonamides is 1. The van der Waals surface area contributed by atoms with E-state index in [1.807, 2.05) is 6.92 Å². The number of anilines is 1. The van der Waals surface area contributed by atoms with E-state index >= 15 is 0 Å². The summed E-state index contributed by atoms with van der Waals surface area (Å²) >= 11 is 3.33. The average Bonchev–Trinajstić information content (AvgIpc) is 2.50. The molecule has 0 aliphatic carbocycles. The van der Waals surface area contributed by atoms with E-state index in [2.05, 4.69) is 25.6 Å². The van der Waals surface area contributed by atoms with E-state index in [1.165, 1.54) is 0 Å². The summed E-state index contributed by atoms with van der Waals surface area (Å²) in [6, 6.07) is 13.9. The molecule has 3 rings (SSSR count). The summed E-state index contributed by atoms with van der Waals surface area (Å²) in [4.78, 5) is 4.50. The van der Waals surface area contributed by atoms with Crippen molar-refractivity contribution in [1.29, 1.82) is 0 Å². The number of rotatable bonds is 3. The number of benzene rings is 2. The highest BCUT2D eigenvalue weighted by Crippen LogP contribution is 2.26. The Morgan fingerprint density at radius 2 is 1.77 bits per heavy atom. The number of nitrogens with zero attached hydrogens (tertiary/aromatic N) is 1. The number of hydrogen-bond acceptors (Lipinski definition) is 3. The number of aryl methyl sites for hydroxylation is 1. The van der Waals surface area contributed by atoms with E-state index in [-0.39, 0.29) is 4.90 Å². The Morgan fingerprint density at radius 3 is 2.50 bits per heavy atom. The van der Waals surface area contributed by atoms with Crippen LogP contribution < -0.4 is 4.72 Å². The molecule has 3 aromatic rings. The third-order valence-electron chi connectivity index (χ3n) is 3.32. The summed E-state index contributed by atoms with van der Waals surface area (Å²) in [6.07, 6.45) is 1.66. The summed E-state index contributed by atoms with van der Waals surface area (Å²) in [6.45, 7) is 1.91. The predicted molar refractivity (Wildman–Crippen MR) is 91.4 cm³/mol. The van der Waals surface area contributed by atoms with Crippen LogP contribution in [-0.4, -0.2) is 13.4 Å². The quantitative estimate of drug-likeness (QED) is 0.748. The maximum absolute atomic E-state index is 12.7. The minimum atomic E-state index is -3.67. The molecule has 4 nitrogen and oxygen atoms in total. The predicted octanol–water partition coefficient (Wildman–Crippen LogP) is 4.11. The van der Waals surface area contributed by atoms with E-state index < -0.39 is 10.0 Å². The Labute approximate surface area is 137 Å². The highest BCUT2D eigenvalue weighted by Gasteiger charge is 2.18. The molecule has 0 radical (unpaired) electrons. The Hall–Kier alpha value is -1.92. The van der Waals surface area contributed by atoms with Crippen molar-refractivity contribution in [3.63, 3.8) is 0 Å². The first-order valence-corrected chi connectivity index (χ1v) is 8.88. The molecule has 2 aromatic carbocycles. The monoisotopic (exact) mass is 376 g/mol. The minimum Gasteiger partial charge on any atom is -0.280 e. The third-order valence-corrected chi connectivity index (χ3v) is 5.29. The highest BCUT2D eigenvalue weighted by atomic mass is 79.9. The van der Waals surface area contributed by atoms with Crippen LogP contribution in [0.1, 0.15) is 5.56 Å². The van der Waals surface area contributed by atoms with Crippen LogP contribution in [0.15, 0.2) is 64.1 Å². The van der Waals surface area contributed by atoms with Crippen molar-refractivity contribution >= 4 is 42.5 Å². The van der Waals surface area contributed by atoms with Crippen LogP contribution in [0.3, 0.4) is 0 Å². The molecule has 0 aliphatic heterocycles. The van der Waals surface area contributed by atoms with Crippen LogP contribution in [0, 0.1) is 6.92 Å². The van der Waals surface area contributed by atoms with Crippen molar-refractivity contribution in [2.45, 2.75) is 11.8 Å². The molecule has 0 amide bonds. The van der Waals surface area contributed by atoms with Gasteiger partial charge in [0.25, 0.3) is 10.0 Å². The fourth-order valence-electron chi connectivity index (χ4n) is 2.25.